The highest BCUT2D eigenvalue weighted by molar-refractivity contribution is 9.13. The second-order valence-corrected chi connectivity index (χ2v) is 7.11. The van der Waals surface area contributed by atoms with E-state index in [0.29, 0.717) is 27.3 Å². The molecule has 0 saturated heterocycles. The van der Waals surface area contributed by atoms with Gasteiger partial charge in [0.2, 0.25) is 0 Å². The molecule has 26 heavy (non-hydrogen) atoms. The van der Waals surface area contributed by atoms with E-state index < -0.39 is 0 Å². The first-order valence-electron chi connectivity index (χ1n) is 7.74. The van der Waals surface area contributed by atoms with Crippen molar-refractivity contribution in [2.24, 2.45) is 5.10 Å². The molecule has 0 aliphatic carbocycles. The van der Waals surface area contributed by atoms with Crippen LogP contribution in [0.4, 0.5) is 5.69 Å². The summed E-state index contributed by atoms with van der Waals surface area (Å²) in [6.07, 6.45) is 1.79. The van der Waals surface area contributed by atoms with Gasteiger partial charge in [-0.15, -0.1) is 0 Å². The molecule has 3 rings (SSSR count). The van der Waals surface area contributed by atoms with Crippen molar-refractivity contribution in [3.05, 3.63) is 56.5 Å². The van der Waals surface area contributed by atoms with E-state index >= 15 is 0 Å². The molecule has 134 valence electrons. The molecule has 2 aromatic rings. The number of hydrogen-bond acceptors (Lipinski definition) is 4. The van der Waals surface area contributed by atoms with E-state index in [9.17, 15) is 4.79 Å². The molecule has 0 fully saturated rings. The largest absolute Gasteiger partial charge is 0.493 e. The second kappa shape index (κ2) is 7.63. The number of methoxy groups -OCH3 is 2. The van der Waals surface area contributed by atoms with E-state index in [1.807, 2.05) is 43.3 Å². The number of para-hydroxylation sites is 1. The first kappa shape index (κ1) is 18.7. The number of nitrogens with zero attached hydrogens (tertiary/aromatic N) is 2. The molecular formula is C19H16Br2N2O3. The first-order valence-corrected chi connectivity index (χ1v) is 9.33. The highest BCUT2D eigenvalue weighted by atomic mass is 79.9. The van der Waals surface area contributed by atoms with Gasteiger partial charge in [0.05, 0.1) is 35.7 Å². The zero-order valence-corrected chi connectivity index (χ0v) is 17.6. The van der Waals surface area contributed by atoms with Crippen molar-refractivity contribution in [3.63, 3.8) is 0 Å². The molecule has 0 saturated carbocycles. The molecule has 0 unspecified atom stereocenters. The number of anilines is 1. The molecule has 1 heterocycles. The summed E-state index contributed by atoms with van der Waals surface area (Å²) in [6, 6.07) is 11.2. The lowest BCUT2D eigenvalue weighted by Crippen LogP contribution is -2.21. The maximum atomic E-state index is 12.9. The number of carbonyl (C=O) groups excluding carboxylic acids is 1. The summed E-state index contributed by atoms with van der Waals surface area (Å²) in [5, 5.41) is 5.80. The highest BCUT2D eigenvalue weighted by Crippen LogP contribution is 2.43. The summed E-state index contributed by atoms with van der Waals surface area (Å²) in [5.74, 6) is 0.969. The van der Waals surface area contributed by atoms with E-state index in [-0.39, 0.29) is 5.91 Å². The molecule has 0 radical (unpaired) electrons. The summed E-state index contributed by atoms with van der Waals surface area (Å²) < 4.78 is 12.2. The van der Waals surface area contributed by atoms with Crippen LogP contribution < -0.4 is 14.5 Å². The molecular weight excluding hydrogens is 464 g/mol. The van der Waals surface area contributed by atoms with Crippen LogP contribution in [0.25, 0.3) is 6.08 Å². The van der Waals surface area contributed by atoms with Gasteiger partial charge in [0.25, 0.3) is 5.91 Å². The number of amides is 1. The molecule has 1 amide bonds. The SMILES string of the molecule is COc1cc(C=C2C(=O)N(c3ccccc3)N=C2C)c(Br)c(Br)c1OC. The molecule has 1 aliphatic heterocycles. The van der Waals surface area contributed by atoms with Gasteiger partial charge in [-0.2, -0.15) is 10.1 Å². The highest BCUT2D eigenvalue weighted by Gasteiger charge is 2.29. The lowest BCUT2D eigenvalue weighted by atomic mass is 10.1. The lowest BCUT2D eigenvalue weighted by molar-refractivity contribution is -0.114. The topological polar surface area (TPSA) is 51.1 Å². The van der Waals surface area contributed by atoms with Gasteiger partial charge in [0.1, 0.15) is 0 Å². The molecule has 5 nitrogen and oxygen atoms in total. The Kier molecular flexibility index (Phi) is 5.48. The van der Waals surface area contributed by atoms with Crippen molar-refractivity contribution in [1.82, 2.24) is 0 Å². The van der Waals surface area contributed by atoms with Crippen molar-refractivity contribution in [1.29, 1.82) is 0 Å². The van der Waals surface area contributed by atoms with Crippen molar-refractivity contribution in [2.45, 2.75) is 6.92 Å². The normalized spacial score (nSPS) is 15.4. The van der Waals surface area contributed by atoms with Crippen molar-refractivity contribution in [2.75, 3.05) is 19.2 Å². The number of carbonyl (C=O) groups is 1. The maximum Gasteiger partial charge on any atom is 0.280 e. The summed E-state index contributed by atoms with van der Waals surface area (Å²) in [7, 11) is 3.14. The van der Waals surface area contributed by atoms with Crippen molar-refractivity contribution < 1.29 is 14.3 Å². The Morgan fingerprint density at radius 2 is 1.77 bits per heavy atom. The van der Waals surface area contributed by atoms with Crippen LogP contribution in [0.3, 0.4) is 0 Å². The Hall–Kier alpha value is -2.12. The van der Waals surface area contributed by atoms with E-state index in [1.54, 1.807) is 20.3 Å². The standard InChI is InChI=1S/C19H16Br2N2O3/c1-11-14(19(24)23(22-11)13-7-5-4-6-8-13)9-12-10-15(25-2)18(26-3)17(21)16(12)20/h4-10H,1-3H3. The number of hydrogen-bond donors (Lipinski definition) is 0. The van der Waals surface area contributed by atoms with Crippen molar-refractivity contribution >= 4 is 55.2 Å². The minimum atomic E-state index is -0.175. The molecule has 0 aromatic heterocycles. The smallest absolute Gasteiger partial charge is 0.280 e. The number of rotatable bonds is 4. The third-order valence-electron chi connectivity index (χ3n) is 3.94. The summed E-state index contributed by atoms with van der Waals surface area (Å²) >= 11 is 7.05. The van der Waals surface area contributed by atoms with Gasteiger partial charge in [-0.25, -0.2) is 0 Å². The monoisotopic (exact) mass is 478 g/mol. The molecule has 0 spiro atoms. The molecule has 0 bridgehead atoms. The molecule has 1 aliphatic rings. The fourth-order valence-corrected chi connectivity index (χ4v) is 3.63. The summed E-state index contributed by atoms with van der Waals surface area (Å²) in [5.41, 5.74) is 2.68. The van der Waals surface area contributed by atoms with E-state index in [1.165, 1.54) is 5.01 Å². The van der Waals surface area contributed by atoms with Gasteiger partial charge >= 0.3 is 0 Å². The number of ether oxygens (including phenoxy) is 2. The van der Waals surface area contributed by atoms with Gasteiger partial charge in [-0.05, 0) is 68.6 Å². The van der Waals surface area contributed by atoms with Gasteiger partial charge in [0.15, 0.2) is 11.5 Å². The van der Waals surface area contributed by atoms with Crippen LogP contribution in [0.1, 0.15) is 12.5 Å². The molecule has 7 heteroatoms. The number of hydrazone groups is 1. The number of halogens is 2. The van der Waals surface area contributed by atoms with Crippen LogP contribution >= 0.6 is 31.9 Å². The Morgan fingerprint density at radius 1 is 1.08 bits per heavy atom. The van der Waals surface area contributed by atoms with Gasteiger partial charge in [0, 0.05) is 4.47 Å². The maximum absolute atomic E-state index is 12.9. The fourth-order valence-electron chi connectivity index (χ4n) is 2.64. The quantitative estimate of drug-likeness (QED) is 0.577. The van der Waals surface area contributed by atoms with Crippen LogP contribution in [0.15, 0.2) is 56.0 Å². The van der Waals surface area contributed by atoms with E-state index in [2.05, 4.69) is 37.0 Å². The van der Waals surface area contributed by atoms with Gasteiger partial charge in [-0.3, -0.25) is 4.79 Å². The summed E-state index contributed by atoms with van der Waals surface area (Å²) in [4.78, 5) is 12.9. The average Bonchev–Trinajstić information content (AvgIpc) is 2.94. The van der Waals surface area contributed by atoms with Gasteiger partial charge < -0.3 is 9.47 Å². The zero-order chi connectivity index (χ0) is 18.8. The van der Waals surface area contributed by atoms with Crippen molar-refractivity contribution in [3.8, 4) is 11.5 Å². The Morgan fingerprint density at radius 3 is 2.38 bits per heavy atom. The van der Waals surface area contributed by atoms with Crippen LogP contribution in [0.5, 0.6) is 11.5 Å². The zero-order valence-electron chi connectivity index (χ0n) is 14.4. The van der Waals surface area contributed by atoms with Crippen LogP contribution in [0, 0.1) is 0 Å². The molecule has 0 atom stereocenters. The third kappa shape index (κ3) is 3.29. The second-order valence-electron chi connectivity index (χ2n) is 5.53. The Labute approximate surface area is 168 Å². The minimum absolute atomic E-state index is 0.175. The third-order valence-corrected chi connectivity index (χ3v) is 6.09. The van der Waals surface area contributed by atoms with Gasteiger partial charge in [-0.1, -0.05) is 18.2 Å². The van der Waals surface area contributed by atoms with E-state index in [0.717, 1.165) is 15.7 Å². The van der Waals surface area contributed by atoms with E-state index in [4.69, 9.17) is 9.47 Å². The number of benzene rings is 2. The fraction of sp³-hybridized carbons (Fsp3) is 0.158. The first-order chi connectivity index (χ1) is 12.5. The van der Waals surface area contributed by atoms with Crippen LogP contribution in [-0.2, 0) is 4.79 Å². The molecule has 0 N–H and O–H groups in total. The van der Waals surface area contributed by atoms with Crippen LogP contribution in [0.2, 0.25) is 0 Å². The van der Waals surface area contributed by atoms with Crippen LogP contribution in [-0.4, -0.2) is 25.8 Å². The minimum Gasteiger partial charge on any atom is -0.493 e. The predicted octanol–water partition coefficient (Wildman–Crippen LogP) is 5.03. The Bertz CT molecular complexity index is 924. The predicted molar refractivity (Wildman–Crippen MR) is 110 cm³/mol. The Balaban J connectivity index is 2.05. The molecule has 2 aromatic carbocycles. The average molecular weight is 480 g/mol. The summed E-state index contributed by atoms with van der Waals surface area (Å²) in [6.45, 7) is 1.82. The lowest BCUT2D eigenvalue weighted by Gasteiger charge is -2.14.